The summed E-state index contributed by atoms with van der Waals surface area (Å²) in [5, 5.41) is 1.17. The van der Waals surface area contributed by atoms with E-state index < -0.39 is 0 Å². The van der Waals surface area contributed by atoms with Gasteiger partial charge in [-0.25, -0.2) is 4.98 Å². The zero-order valence-corrected chi connectivity index (χ0v) is 15.4. The molecule has 0 unspecified atom stereocenters. The van der Waals surface area contributed by atoms with Crippen molar-refractivity contribution in [1.29, 1.82) is 0 Å². The number of hydrogen-bond acceptors (Lipinski definition) is 2. The second-order valence-electron chi connectivity index (χ2n) is 6.96. The molecule has 130 valence electrons. The van der Waals surface area contributed by atoms with Gasteiger partial charge in [0.15, 0.2) is 0 Å². The number of benzene rings is 3. The Hall–Kier alpha value is -3.39. The summed E-state index contributed by atoms with van der Waals surface area (Å²) in [7, 11) is 1.69. The Morgan fingerprint density at radius 2 is 1.63 bits per heavy atom. The molecule has 4 aromatic rings. The first-order valence-electron chi connectivity index (χ1n) is 9.10. The Morgan fingerprint density at radius 3 is 2.44 bits per heavy atom. The number of para-hydroxylation sites is 1. The third-order valence-corrected chi connectivity index (χ3v) is 5.16. The Bertz CT molecular complexity index is 1200. The number of pyridine rings is 1. The van der Waals surface area contributed by atoms with Crippen molar-refractivity contribution in [2.45, 2.75) is 6.92 Å². The number of ether oxygens (including phenoxy) is 1. The number of fused-ring (bicyclic) bond motifs is 4. The highest BCUT2D eigenvalue weighted by molar-refractivity contribution is 6.07. The molecule has 2 nitrogen and oxygen atoms in total. The van der Waals surface area contributed by atoms with Crippen LogP contribution in [0.25, 0.3) is 33.8 Å². The summed E-state index contributed by atoms with van der Waals surface area (Å²) in [6.45, 7) is 2.14. The fourth-order valence-electron chi connectivity index (χ4n) is 3.78. The van der Waals surface area contributed by atoms with Crippen molar-refractivity contribution in [3.63, 3.8) is 0 Å². The molecule has 0 aliphatic heterocycles. The minimum atomic E-state index is 0.868. The van der Waals surface area contributed by atoms with Crippen LogP contribution in [0.5, 0.6) is 5.75 Å². The molecule has 0 bridgehead atoms. The standard InChI is InChI=1S/C25H19NO/c1-16-7-12-20-21(13-16)22(14-17-8-10-19(27-2)11-9-17)23-15-18-5-3-4-6-24(18)26-25(20)23/h3-15H,1-2H3. The molecule has 1 aliphatic rings. The second kappa shape index (κ2) is 6.10. The van der Waals surface area contributed by atoms with Crippen molar-refractivity contribution in [3.05, 3.63) is 95.1 Å². The van der Waals surface area contributed by atoms with Crippen LogP contribution < -0.4 is 4.74 Å². The van der Waals surface area contributed by atoms with Gasteiger partial charge in [-0.2, -0.15) is 0 Å². The highest BCUT2D eigenvalue weighted by Crippen LogP contribution is 2.45. The lowest BCUT2D eigenvalue weighted by Gasteiger charge is -2.06. The fourth-order valence-corrected chi connectivity index (χ4v) is 3.78. The first kappa shape index (κ1) is 15.8. The van der Waals surface area contributed by atoms with Gasteiger partial charge >= 0.3 is 0 Å². The van der Waals surface area contributed by atoms with E-state index in [0.717, 1.165) is 22.5 Å². The molecule has 0 atom stereocenters. The summed E-state index contributed by atoms with van der Waals surface area (Å²) in [4.78, 5) is 4.99. The summed E-state index contributed by atoms with van der Waals surface area (Å²) >= 11 is 0. The van der Waals surface area contributed by atoms with Gasteiger partial charge in [0.1, 0.15) is 5.75 Å². The van der Waals surface area contributed by atoms with Crippen LogP contribution in [0.4, 0.5) is 0 Å². The highest BCUT2D eigenvalue weighted by Gasteiger charge is 2.25. The number of hydrogen-bond donors (Lipinski definition) is 0. The normalized spacial score (nSPS) is 13.6. The first-order valence-corrected chi connectivity index (χ1v) is 9.10. The Balaban J connectivity index is 1.76. The minimum Gasteiger partial charge on any atom is -0.497 e. The minimum absolute atomic E-state index is 0.868. The number of rotatable bonds is 2. The van der Waals surface area contributed by atoms with Crippen LogP contribution in [0.15, 0.2) is 72.8 Å². The van der Waals surface area contributed by atoms with Crippen LogP contribution in [0, 0.1) is 6.92 Å². The monoisotopic (exact) mass is 349 g/mol. The zero-order chi connectivity index (χ0) is 18.4. The molecule has 0 fully saturated rings. The van der Waals surface area contributed by atoms with Crippen LogP contribution in [0.3, 0.4) is 0 Å². The van der Waals surface area contributed by atoms with Crippen molar-refractivity contribution in [2.24, 2.45) is 0 Å². The van der Waals surface area contributed by atoms with Crippen molar-refractivity contribution in [2.75, 3.05) is 7.11 Å². The fraction of sp³-hybridized carbons (Fsp3) is 0.0800. The van der Waals surface area contributed by atoms with Crippen LogP contribution in [-0.4, -0.2) is 12.1 Å². The van der Waals surface area contributed by atoms with Gasteiger partial charge in [-0.1, -0.05) is 54.1 Å². The molecular weight excluding hydrogens is 330 g/mol. The molecule has 0 saturated heterocycles. The van der Waals surface area contributed by atoms with E-state index in [4.69, 9.17) is 9.72 Å². The van der Waals surface area contributed by atoms with E-state index in [2.05, 4.69) is 67.6 Å². The lowest BCUT2D eigenvalue weighted by molar-refractivity contribution is 0.415. The Morgan fingerprint density at radius 1 is 0.815 bits per heavy atom. The molecule has 2 heteroatoms. The van der Waals surface area contributed by atoms with E-state index in [-0.39, 0.29) is 0 Å². The molecular formula is C25H19NO. The molecule has 27 heavy (non-hydrogen) atoms. The molecule has 1 heterocycles. The van der Waals surface area contributed by atoms with Crippen LogP contribution in [0.2, 0.25) is 0 Å². The van der Waals surface area contributed by atoms with Crippen molar-refractivity contribution >= 4 is 22.6 Å². The van der Waals surface area contributed by atoms with Gasteiger partial charge in [-0.3, -0.25) is 0 Å². The molecule has 0 radical (unpaired) electrons. The third kappa shape index (κ3) is 2.61. The molecule has 3 aromatic carbocycles. The first-order chi connectivity index (χ1) is 13.2. The van der Waals surface area contributed by atoms with Gasteiger partial charge in [0.05, 0.1) is 18.3 Å². The molecule has 0 saturated carbocycles. The predicted octanol–water partition coefficient (Wildman–Crippen LogP) is 6.12. The van der Waals surface area contributed by atoms with E-state index in [1.807, 2.05) is 18.2 Å². The number of aromatic nitrogens is 1. The number of methoxy groups -OCH3 is 1. The number of nitrogens with zero attached hydrogens (tertiary/aromatic N) is 1. The average Bonchev–Trinajstić information content (AvgIpc) is 2.99. The maximum atomic E-state index is 5.28. The lowest BCUT2D eigenvalue weighted by atomic mass is 9.99. The molecule has 1 aliphatic carbocycles. The van der Waals surface area contributed by atoms with Gasteiger partial charge < -0.3 is 4.74 Å². The van der Waals surface area contributed by atoms with E-state index in [0.29, 0.717) is 0 Å². The molecule has 0 spiro atoms. The molecule has 5 rings (SSSR count). The third-order valence-electron chi connectivity index (χ3n) is 5.16. The van der Waals surface area contributed by atoms with Gasteiger partial charge in [0, 0.05) is 16.5 Å². The van der Waals surface area contributed by atoms with Crippen LogP contribution in [-0.2, 0) is 0 Å². The summed E-state index contributed by atoms with van der Waals surface area (Å²) in [6.07, 6.45) is 2.25. The molecule has 0 amide bonds. The van der Waals surface area contributed by atoms with E-state index in [1.54, 1.807) is 7.11 Å². The Labute approximate surface area is 158 Å². The quantitative estimate of drug-likeness (QED) is 0.383. The highest BCUT2D eigenvalue weighted by atomic mass is 16.5. The van der Waals surface area contributed by atoms with Gasteiger partial charge in [-0.15, -0.1) is 0 Å². The summed E-state index contributed by atoms with van der Waals surface area (Å²) in [5.41, 5.74) is 9.41. The van der Waals surface area contributed by atoms with Crippen molar-refractivity contribution in [3.8, 4) is 17.0 Å². The smallest absolute Gasteiger partial charge is 0.118 e. The summed E-state index contributed by atoms with van der Waals surface area (Å²) in [5.74, 6) is 0.868. The van der Waals surface area contributed by atoms with Crippen LogP contribution >= 0.6 is 0 Å². The van der Waals surface area contributed by atoms with E-state index in [1.165, 1.54) is 33.2 Å². The second-order valence-corrected chi connectivity index (χ2v) is 6.96. The van der Waals surface area contributed by atoms with Crippen molar-refractivity contribution in [1.82, 2.24) is 4.98 Å². The molecule has 1 aromatic heterocycles. The number of aryl methyl sites for hydroxylation is 1. The summed E-state index contributed by atoms with van der Waals surface area (Å²) < 4.78 is 5.28. The van der Waals surface area contributed by atoms with Gasteiger partial charge in [0.2, 0.25) is 0 Å². The van der Waals surface area contributed by atoms with E-state index >= 15 is 0 Å². The topological polar surface area (TPSA) is 22.1 Å². The largest absolute Gasteiger partial charge is 0.497 e. The zero-order valence-electron chi connectivity index (χ0n) is 15.4. The average molecular weight is 349 g/mol. The van der Waals surface area contributed by atoms with Gasteiger partial charge in [0.25, 0.3) is 0 Å². The summed E-state index contributed by atoms with van der Waals surface area (Å²) in [6, 6.07) is 25.4. The Kier molecular flexibility index (Phi) is 3.58. The maximum absolute atomic E-state index is 5.28. The predicted molar refractivity (Wildman–Crippen MR) is 112 cm³/mol. The SMILES string of the molecule is COc1ccc(C=C2c3cc(C)ccc3-c3nc4ccccc4cc32)cc1. The molecule has 0 N–H and O–H groups in total. The van der Waals surface area contributed by atoms with Crippen LogP contribution in [0.1, 0.15) is 22.3 Å². The lowest BCUT2D eigenvalue weighted by Crippen LogP contribution is -1.87. The van der Waals surface area contributed by atoms with Gasteiger partial charge in [-0.05, 0) is 54.0 Å². The van der Waals surface area contributed by atoms with Crippen molar-refractivity contribution < 1.29 is 4.74 Å². The van der Waals surface area contributed by atoms with E-state index in [9.17, 15) is 0 Å². The maximum Gasteiger partial charge on any atom is 0.118 e.